The van der Waals surface area contributed by atoms with Gasteiger partial charge in [0, 0.05) is 6.20 Å². The third kappa shape index (κ3) is 2.24. The maximum Gasteiger partial charge on any atom is 0.0859 e. The van der Waals surface area contributed by atoms with Crippen LogP contribution in [0.15, 0.2) is 17.8 Å². The van der Waals surface area contributed by atoms with Crippen LogP contribution in [0.4, 0.5) is 5.69 Å². The van der Waals surface area contributed by atoms with E-state index in [2.05, 4.69) is 4.98 Å². The maximum absolute atomic E-state index is 5.69. The number of nitrogens with two attached hydrogens (primary N) is 1. The van der Waals surface area contributed by atoms with E-state index >= 15 is 0 Å². The molecule has 1 aromatic rings. The quantitative estimate of drug-likeness (QED) is 0.726. The highest BCUT2D eigenvalue weighted by Crippen LogP contribution is 2.17. The Morgan fingerprint density at radius 3 is 2.75 bits per heavy atom. The second-order valence-electron chi connectivity index (χ2n) is 2.85. The van der Waals surface area contributed by atoms with Crippen LogP contribution in [0.2, 0.25) is 5.02 Å². The third-order valence-corrected chi connectivity index (χ3v) is 1.55. The Morgan fingerprint density at radius 2 is 2.25 bits per heavy atom. The van der Waals surface area contributed by atoms with Gasteiger partial charge in [0.1, 0.15) is 0 Å². The molecule has 0 unspecified atom stereocenters. The molecule has 2 nitrogen and oxygen atoms in total. The van der Waals surface area contributed by atoms with Gasteiger partial charge in [0.25, 0.3) is 0 Å². The van der Waals surface area contributed by atoms with Gasteiger partial charge in [-0.1, -0.05) is 17.2 Å². The van der Waals surface area contributed by atoms with Gasteiger partial charge in [0.2, 0.25) is 0 Å². The molecular formula is C9H11ClN2. The molecule has 0 atom stereocenters. The fourth-order valence-corrected chi connectivity index (χ4v) is 1.03. The summed E-state index contributed by atoms with van der Waals surface area (Å²) in [6.07, 6.45) is 3.51. The third-order valence-electron chi connectivity index (χ3n) is 1.34. The molecule has 0 aliphatic rings. The molecule has 0 spiro atoms. The van der Waals surface area contributed by atoms with Gasteiger partial charge in [0.05, 0.1) is 16.4 Å². The topological polar surface area (TPSA) is 38.9 Å². The predicted molar refractivity (Wildman–Crippen MR) is 53.0 cm³/mol. The summed E-state index contributed by atoms with van der Waals surface area (Å²) in [6.45, 7) is 3.99. The summed E-state index contributed by atoms with van der Waals surface area (Å²) in [4.78, 5) is 4.08. The number of allylic oxidation sites excluding steroid dienone is 1. The Bertz CT molecular complexity index is 314. The molecule has 2 N–H and O–H groups in total. The number of nitrogen functional groups attached to an aromatic ring is 1. The van der Waals surface area contributed by atoms with Gasteiger partial charge in [-0.15, -0.1) is 0 Å². The number of hydrogen-bond donors (Lipinski definition) is 1. The van der Waals surface area contributed by atoms with Crippen LogP contribution < -0.4 is 5.73 Å². The first kappa shape index (κ1) is 9.07. The van der Waals surface area contributed by atoms with E-state index in [1.807, 2.05) is 19.9 Å². The lowest BCUT2D eigenvalue weighted by atomic mass is 10.2. The SMILES string of the molecule is CC(C)=Cc1ncc(Cl)cc1N. The zero-order valence-electron chi connectivity index (χ0n) is 7.13. The van der Waals surface area contributed by atoms with Gasteiger partial charge in [-0.2, -0.15) is 0 Å². The second kappa shape index (κ2) is 3.59. The van der Waals surface area contributed by atoms with Crippen molar-refractivity contribution in [1.82, 2.24) is 4.98 Å². The van der Waals surface area contributed by atoms with E-state index in [4.69, 9.17) is 17.3 Å². The van der Waals surface area contributed by atoms with Crippen LogP contribution >= 0.6 is 11.6 Å². The zero-order chi connectivity index (χ0) is 9.14. The van der Waals surface area contributed by atoms with E-state index in [0.717, 1.165) is 11.3 Å². The first-order valence-electron chi connectivity index (χ1n) is 3.65. The normalized spacial score (nSPS) is 9.58. The van der Waals surface area contributed by atoms with Crippen LogP contribution in [0.1, 0.15) is 19.5 Å². The second-order valence-corrected chi connectivity index (χ2v) is 3.29. The van der Waals surface area contributed by atoms with E-state index in [0.29, 0.717) is 10.7 Å². The Kier molecular flexibility index (Phi) is 2.71. The highest BCUT2D eigenvalue weighted by Gasteiger charge is 1.97. The van der Waals surface area contributed by atoms with Crippen molar-refractivity contribution in [2.45, 2.75) is 13.8 Å². The fourth-order valence-electron chi connectivity index (χ4n) is 0.860. The molecule has 0 radical (unpaired) electrons. The molecule has 0 fully saturated rings. The predicted octanol–water partition coefficient (Wildman–Crippen LogP) is 2.74. The van der Waals surface area contributed by atoms with Crippen molar-refractivity contribution in [1.29, 1.82) is 0 Å². The number of anilines is 1. The van der Waals surface area contributed by atoms with Gasteiger partial charge in [-0.3, -0.25) is 4.98 Å². The van der Waals surface area contributed by atoms with Gasteiger partial charge in [-0.05, 0) is 26.0 Å². The molecule has 1 aromatic heterocycles. The summed E-state index contributed by atoms with van der Waals surface area (Å²) in [7, 11) is 0. The molecule has 0 aliphatic carbocycles. The number of halogens is 1. The first-order valence-corrected chi connectivity index (χ1v) is 4.03. The van der Waals surface area contributed by atoms with Crippen molar-refractivity contribution >= 4 is 23.4 Å². The minimum atomic E-state index is 0.568. The Morgan fingerprint density at radius 1 is 1.58 bits per heavy atom. The fraction of sp³-hybridized carbons (Fsp3) is 0.222. The summed E-state index contributed by atoms with van der Waals surface area (Å²) < 4.78 is 0. The molecule has 1 rings (SSSR count). The highest BCUT2D eigenvalue weighted by molar-refractivity contribution is 6.30. The van der Waals surface area contributed by atoms with Crippen molar-refractivity contribution in [2.75, 3.05) is 5.73 Å². The van der Waals surface area contributed by atoms with Crippen LogP contribution in [0.3, 0.4) is 0 Å². The van der Waals surface area contributed by atoms with Crippen molar-refractivity contribution < 1.29 is 0 Å². The largest absolute Gasteiger partial charge is 0.397 e. The van der Waals surface area contributed by atoms with E-state index in [1.165, 1.54) is 0 Å². The van der Waals surface area contributed by atoms with Gasteiger partial charge < -0.3 is 5.73 Å². The Labute approximate surface area is 77.1 Å². The molecule has 0 aromatic carbocycles. The average molecular weight is 183 g/mol. The van der Waals surface area contributed by atoms with Crippen molar-refractivity contribution in [3.63, 3.8) is 0 Å². The summed E-state index contributed by atoms with van der Waals surface area (Å²) in [5, 5.41) is 0.568. The molecule has 1 heterocycles. The molecule has 0 saturated carbocycles. The summed E-state index contributed by atoms with van der Waals surface area (Å²) in [5.41, 5.74) is 8.23. The minimum Gasteiger partial charge on any atom is -0.397 e. The Balaban J connectivity index is 3.10. The first-order chi connectivity index (χ1) is 5.59. The van der Waals surface area contributed by atoms with Crippen LogP contribution in [0.25, 0.3) is 6.08 Å². The van der Waals surface area contributed by atoms with Crippen LogP contribution in [0.5, 0.6) is 0 Å². The van der Waals surface area contributed by atoms with E-state index < -0.39 is 0 Å². The summed E-state index contributed by atoms with van der Waals surface area (Å²) in [5.74, 6) is 0. The Hall–Kier alpha value is -1.02. The van der Waals surface area contributed by atoms with E-state index in [9.17, 15) is 0 Å². The molecule has 3 heteroatoms. The van der Waals surface area contributed by atoms with Crippen molar-refractivity contribution in [2.24, 2.45) is 0 Å². The number of pyridine rings is 1. The maximum atomic E-state index is 5.69. The number of rotatable bonds is 1. The highest BCUT2D eigenvalue weighted by atomic mass is 35.5. The molecular weight excluding hydrogens is 172 g/mol. The lowest BCUT2D eigenvalue weighted by molar-refractivity contribution is 1.28. The average Bonchev–Trinajstić information content (AvgIpc) is 1.94. The molecule has 0 aliphatic heterocycles. The number of nitrogens with zero attached hydrogens (tertiary/aromatic N) is 1. The van der Waals surface area contributed by atoms with E-state index in [-0.39, 0.29) is 0 Å². The lowest BCUT2D eigenvalue weighted by Gasteiger charge is -1.99. The molecule has 64 valence electrons. The monoisotopic (exact) mass is 182 g/mol. The van der Waals surface area contributed by atoms with Crippen LogP contribution in [0, 0.1) is 0 Å². The van der Waals surface area contributed by atoms with Gasteiger partial charge >= 0.3 is 0 Å². The van der Waals surface area contributed by atoms with Crippen LogP contribution in [-0.4, -0.2) is 4.98 Å². The van der Waals surface area contributed by atoms with Crippen molar-refractivity contribution in [3.8, 4) is 0 Å². The summed E-state index contributed by atoms with van der Waals surface area (Å²) in [6, 6.07) is 1.70. The standard InChI is InChI=1S/C9H11ClN2/c1-6(2)3-9-8(11)4-7(10)5-12-9/h3-5H,11H2,1-2H3. The molecule has 0 bridgehead atoms. The number of hydrogen-bond acceptors (Lipinski definition) is 2. The summed E-state index contributed by atoms with van der Waals surface area (Å²) >= 11 is 5.69. The molecule has 0 amide bonds. The minimum absolute atomic E-state index is 0.568. The smallest absolute Gasteiger partial charge is 0.0859 e. The van der Waals surface area contributed by atoms with Gasteiger partial charge in [-0.25, -0.2) is 0 Å². The number of aromatic nitrogens is 1. The molecule has 0 saturated heterocycles. The zero-order valence-corrected chi connectivity index (χ0v) is 7.89. The van der Waals surface area contributed by atoms with Gasteiger partial charge in [0.15, 0.2) is 0 Å². The van der Waals surface area contributed by atoms with Crippen LogP contribution in [-0.2, 0) is 0 Å². The molecule has 12 heavy (non-hydrogen) atoms. The van der Waals surface area contributed by atoms with Crippen molar-refractivity contribution in [3.05, 3.63) is 28.6 Å². The lowest BCUT2D eigenvalue weighted by Crippen LogP contribution is -1.92. The van der Waals surface area contributed by atoms with E-state index in [1.54, 1.807) is 12.3 Å².